The molecule has 0 aliphatic heterocycles. The zero-order chi connectivity index (χ0) is 16.4. The van der Waals surface area contributed by atoms with Gasteiger partial charge in [0.25, 0.3) is 0 Å². The number of carboxylic acids is 1. The van der Waals surface area contributed by atoms with Crippen LogP contribution in [-0.2, 0) is 16.0 Å². The number of aliphatic carboxylic acids is 1. The predicted octanol–water partition coefficient (Wildman–Crippen LogP) is 1.74. The lowest BCUT2D eigenvalue weighted by molar-refractivity contribution is -0.140. The first-order valence-electron chi connectivity index (χ1n) is 7.35. The first kappa shape index (κ1) is 17.7. The Labute approximate surface area is 129 Å². The van der Waals surface area contributed by atoms with E-state index in [1.54, 1.807) is 6.92 Å². The lowest BCUT2D eigenvalue weighted by Crippen LogP contribution is -2.47. The van der Waals surface area contributed by atoms with Gasteiger partial charge in [-0.25, -0.2) is 9.59 Å². The van der Waals surface area contributed by atoms with Crippen molar-refractivity contribution >= 4 is 17.8 Å². The summed E-state index contributed by atoms with van der Waals surface area (Å²) in [6.45, 7) is 2.10. The molecular weight excluding hydrogens is 284 g/mol. The molecule has 1 aromatic rings. The minimum absolute atomic E-state index is 0.191. The largest absolute Gasteiger partial charge is 0.480 e. The Morgan fingerprint density at radius 2 is 1.86 bits per heavy atom. The van der Waals surface area contributed by atoms with E-state index in [1.165, 1.54) is 5.56 Å². The number of ketones is 1. The number of hydrogen-bond donors (Lipinski definition) is 3. The van der Waals surface area contributed by atoms with Crippen LogP contribution < -0.4 is 10.6 Å². The Morgan fingerprint density at radius 1 is 1.18 bits per heavy atom. The number of carbonyl (C=O) groups is 3. The summed E-state index contributed by atoms with van der Waals surface area (Å²) in [5, 5.41) is 13.9. The average Bonchev–Trinajstić information content (AvgIpc) is 2.51. The Kier molecular flexibility index (Phi) is 7.67. The molecule has 1 rings (SSSR count). The molecule has 0 radical (unpaired) electrons. The second-order valence-corrected chi connectivity index (χ2v) is 4.98. The summed E-state index contributed by atoms with van der Waals surface area (Å²) in [5.41, 5.74) is 1.18. The van der Waals surface area contributed by atoms with Crippen LogP contribution in [0.25, 0.3) is 0 Å². The number of nitrogens with one attached hydrogen (secondary N) is 2. The van der Waals surface area contributed by atoms with Crippen LogP contribution in [0.5, 0.6) is 0 Å². The number of carboxylic acid groups (broad SMARTS) is 1. The molecule has 2 amide bonds. The van der Waals surface area contributed by atoms with E-state index < -0.39 is 18.0 Å². The van der Waals surface area contributed by atoms with Gasteiger partial charge in [-0.1, -0.05) is 37.3 Å². The van der Waals surface area contributed by atoms with Gasteiger partial charge in [-0.15, -0.1) is 0 Å². The van der Waals surface area contributed by atoms with Gasteiger partial charge in [0.15, 0.2) is 0 Å². The summed E-state index contributed by atoms with van der Waals surface area (Å²) in [4.78, 5) is 33.9. The molecule has 0 fully saturated rings. The van der Waals surface area contributed by atoms with Gasteiger partial charge in [0.2, 0.25) is 0 Å². The molecule has 0 aromatic heterocycles. The van der Waals surface area contributed by atoms with Crippen molar-refractivity contribution in [2.24, 2.45) is 0 Å². The molecule has 0 heterocycles. The molecule has 22 heavy (non-hydrogen) atoms. The van der Waals surface area contributed by atoms with Crippen LogP contribution >= 0.6 is 0 Å². The highest BCUT2D eigenvalue weighted by atomic mass is 16.4. The quantitative estimate of drug-likeness (QED) is 0.606. The van der Waals surface area contributed by atoms with E-state index >= 15 is 0 Å². The van der Waals surface area contributed by atoms with Crippen LogP contribution in [0.4, 0.5) is 4.79 Å². The fourth-order valence-electron chi connectivity index (χ4n) is 1.92. The van der Waals surface area contributed by atoms with Crippen LogP contribution in [-0.4, -0.2) is 35.5 Å². The normalized spacial score (nSPS) is 11.5. The molecule has 120 valence electrons. The van der Waals surface area contributed by atoms with E-state index in [-0.39, 0.29) is 18.6 Å². The molecular formula is C16H22N2O4. The lowest BCUT2D eigenvalue weighted by atomic mass is 10.1. The van der Waals surface area contributed by atoms with Gasteiger partial charge in [-0.2, -0.15) is 0 Å². The number of rotatable bonds is 9. The van der Waals surface area contributed by atoms with E-state index in [0.29, 0.717) is 6.54 Å². The number of urea groups is 1. The maximum atomic E-state index is 11.6. The summed E-state index contributed by atoms with van der Waals surface area (Å²) in [5.74, 6) is -1.40. The highest BCUT2D eigenvalue weighted by Gasteiger charge is 2.22. The zero-order valence-corrected chi connectivity index (χ0v) is 12.7. The molecule has 6 heteroatoms. The van der Waals surface area contributed by atoms with Crippen molar-refractivity contribution in [1.82, 2.24) is 10.6 Å². The highest BCUT2D eigenvalue weighted by Crippen LogP contribution is 2.01. The molecule has 0 aliphatic rings. The van der Waals surface area contributed by atoms with Crippen molar-refractivity contribution in [3.05, 3.63) is 35.9 Å². The second kappa shape index (κ2) is 9.55. The van der Waals surface area contributed by atoms with Crippen LogP contribution in [0.15, 0.2) is 30.3 Å². The highest BCUT2D eigenvalue weighted by molar-refractivity contribution is 5.88. The number of carbonyl (C=O) groups excluding carboxylic acids is 2. The number of amides is 2. The maximum Gasteiger partial charge on any atom is 0.326 e. The molecule has 0 aliphatic carbocycles. The van der Waals surface area contributed by atoms with E-state index in [1.807, 2.05) is 30.3 Å². The van der Waals surface area contributed by atoms with Gasteiger partial charge in [-0.05, 0) is 18.4 Å². The third kappa shape index (κ3) is 6.88. The predicted molar refractivity (Wildman–Crippen MR) is 82.6 cm³/mol. The van der Waals surface area contributed by atoms with E-state index in [4.69, 9.17) is 5.11 Å². The monoisotopic (exact) mass is 306 g/mol. The van der Waals surface area contributed by atoms with Crippen LogP contribution in [0.2, 0.25) is 0 Å². The Morgan fingerprint density at radius 3 is 2.45 bits per heavy atom. The molecule has 0 saturated carbocycles. The minimum atomic E-state index is -1.21. The third-order valence-corrected chi connectivity index (χ3v) is 3.20. The first-order valence-corrected chi connectivity index (χ1v) is 7.35. The van der Waals surface area contributed by atoms with Crippen molar-refractivity contribution in [3.63, 3.8) is 0 Å². The Hall–Kier alpha value is -2.37. The molecule has 1 unspecified atom stereocenters. The summed E-state index contributed by atoms with van der Waals surface area (Å²) < 4.78 is 0. The molecule has 1 aromatic carbocycles. The minimum Gasteiger partial charge on any atom is -0.480 e. The first-order chi connectivity index (χ1) is 10.5. The van der Waals surface area contributed by atoms with Crippen molar-refractivity contribution in [2.75, 3.05) is 6.54 Å². The molecule has 1 atom stereocenters. The smallest absolute Gasteiger partial charge is 0.326 e. The summed E-state index contributed by atoms with van der Waals surface area (Å²) in [6.07, 6.45) is 1.65. The van der Waals surface area contributed by atoms with Gasteiger partial charge < -0.3 is 15.7 Å². The van der Waals surface area contributed by atoms with Crippen molar-refractivity contribution in [3.8, 4) is 0 Å². The fourth-order valence-corrected chi connectivity index (χ4v) is 1.92. The molecule has 3 N–H and O–H groups in total. The van der Waals surface area contributed by atoms with Gasteiger partial charge in [0, 0.05) is 19.4 Å². The second-order valence-electron chi connectivity index (χ2n) is 4.98. The lowest BCUT2D eigenvalue weighted by Gasteiger charge is -2.14. The standard InChI is InChI=1S/C16H22N2O4/c1-2-13(19)11-14(15(20)21)18-16(22)17-10-6-9-12-7-4-3-5-8-12/h3-5,7-8,14H,2,6,9-11H2,1H3,(H,20,21)(H2,17,18,22). The molecule has 0 spiro atoms. The van der Waals surface area contributed by atoms with Gasteiger partial charge in [-0.3, -0.25) is 4.79 Å². The van der Waals surface area contributed by atoms with E-state index in [9.17, 15) is 14.4 Å². The van der Waals surface area contributed by atoms with Crippen molar-refractivity contribution < 1.29 is 19.5 Å². The molecule has 6 nitrogen and oxygen atoms in total. The SMILES string of the molecule is CCC(=O)CC(NC(=O)NCCCc1ccccc1)C(=O)O. The van der Waals surface area contributed by atoms with E-state index in [0.717, 1.165) is 12.8 Å². The summed E-state index contributed by atoms with van der Waals surface area (Å²) >= 11 is 0. The topological polar surface area (TPSA) is 95.5 Å². The third-order valence-electron chi connectivity index (χ3n) is 3.20. The number of hydrogen-bond acceptors (Lipinski definition) is 3. The van der Waals surface area contributed by atoms with Crippen LogP contribution in [0.3, 0.4) is 0 Å². The maximum absolute atomic E-state index is 11.6. The summed E-state index contributed by atoms with van der Waals surface area (Å²) in [6, 6.07) is 8.13. The van der Waals surface area contributed by atoms with Crippen LogP contribution in [0.1, 0.15) is 31.7 Å². The van der Waals surface area contributed by atoms with Crippen molar-refractivity contribution in [1.29, 1.82) is 0 Å². The molecule has 0 saturated heterocycles. The number of benzene rings is 1. The summed E-state index contributed by atoms with van der Waals surface area (Å²) in [7, 11) is 0. The number of aryl methyl sites for hydroxylation is 1. The molecule has 0 bridgehead atoms. The number of Topliss-reactive ketones (excluding diaryl/α,β-unsaturated/α-hetero) is 1. The fraction of sp³-hybridized carbons (Fsp3) is 0.438. The van der Waals surface area contributed by atoms with Gasteiger partial charge >= 0.3 is 12.0 Å². The van der Waals surface area contributed by atoms with Crippen LogP contribution in [0, 0.1) is 0 Å². The Bertz CT molecular complexity index is 502. The zero-order valence-electron chi connectivity index (χ0n) is 12.7. The Balaban J connectivity index is 2.28. The van der Waals surface area contributed by atoms with Crippen molar-refractivity contribution in [2.45, 2.75) is 38.6 Å². The average molecular weight is 306 g/mol. The van der Waals surface area contributed by atoms with E-state index in [2.05, 4.69) is 10.6 Å². The van der Waals surface area contributed by atoms with Gasteiger partial charge in [0.05, 0.1) is 0 Å². The van der Waals surface area contributed by atoms with Gasteiger partial charge in [0.1, 0.15) is 11.8 Å².